The molecule has 0 aliphatic carbocycles. The zero-order valence-corrected chi connectivity index (χ0v) is 19.5. The van der Waals surface area contributed by atoms with E-state index in [1.807, 2.05) is 24.3 Å². The van der Waals surface area contributed by atoms with E-state index < -0.39 is 0 Å². The summed E-state index contributed by atoms with van der Waals surface area (Å²) in [5.41, 5.74) is 3.02. The van der Waals surface area contributed by atoms with Gasteiger partial charge in [-0.1, -0.05) is 17.7 Å². The van der Waals surface area contributed by atoms with Crippen LogP contribution < -0.4 is 10.6 Å². The van der Waals surface area contributed by atoms with Crippen molar-refractivity contribution in [2.45, 2.75) is 38.8 Å². The molecule has 7 nitrogen and oxygen atoms in total. The molecule has 0 amide bonds. The number of hydrogen-bond donors (Lipinski definition) is 2. The SMILES string of the molecule is CN=C(NCCCOCC1CCCO1)NCc1coc(-c2ccc(C)cc2)n1.I. The first kappa shape index (κ1) is 23.6. The van der Waals surface area contributed by atoms with Crippen molar-refractivity contribution in [2.75, 3.05) is 33.4 Å². The van der Waals surface area contributed by atoms with Crippen molar-refractivity contribution in [1.29, 1.82) is 0 Å². The lowest BCUT2D eigenvalue weighted by molar-refractivity contribution is 0.0168. The maximum Gasteiger partial charge on any atom is 0.226 e. The van der Waals surface area contributed by atoms with Crippen molar-refractivity contribution in [3.63, 3.8) is 0 Å². The summed E-state index contributed by atoms with van der Waals surface area (Å²) in [7, 11) is 1.75. The minimum absolute atomic E-state index is 0. The van der Waals surface area contributed by atoms with Crippen LogP contribution in [0.15, 0.2) is 39.9 Å². The van der Waals surface area contributed by atoms with Crippen LogP contribution in [0.5, 0.6) is 0 Å². The van der Waals surface area contributed by atoms with Crippen LogP contribution in [0.2, 0.25) is 0 Å². The van der Waals surface area contributed by atoms with Crippen LogP contribution in [0.3, 0.4) is 0 Å². The molecule has 0 bridgehead atoms. The maximum atomic E-state index is 5.67. The Labute approximate surface area is 189 Å². The molecule has 1 fully saturated rings. The lowest BCUT2D eigenvalue weighted by Crippen LogP contribution is -2.37. The summed E-state index contributed by atoms with van der Waals surface area (Å²) in [6, 6.07) is 8.13. The Bertz CT molecular complexity index is 743. The van der Waals surface area contributed by atoms with Gasteiger partial charge in [0.1, 0.15) is 6.26 Å². The molecular weight excluding hydrogens is 483 g/mol. The molecule has 3 rings (SSSR count). The Balaban J connectivity index is 0.00000300. The number of aliphatic imine (C=N–C) groups is 1. The summed E-state index contributed by atoms with van der Waals surface area (Å²) in [6.07, 6.45) is 5.14. The fourth-order valence-corrected chi connectivity index (χ4v) is 2.98. The molecule has 2 heterocycles. The second-order valence-corrected chi connectivity index (χ2v) is 6.93. The number of oxazole rings is 1. The zero-order chi connectivity index (χ0) is 19.6. The van der Waals surface area contributed by atoms with Crippen molar-refractivity contribution in [3.8, 4) is 11.5 Å². The molecule has 0 radical (unpaired) electrons. The van der Waals surface area contributed by atoms with Crippen molar-refractivity contribution >= 4 is 29.9 Å². The van der Waals surface area contributed by atoms with Crippen LogP contribution in [-0.4, -0.2) is 50.5 Å². The fraction of sp³-hybridized carbons (Fsp3) is 0.524. The van der Waals surface area contributed by atoms with Crippen LogP contribution >= 0.6 is 24.0 Å². The molecule has 1 aliphatic rings. The molecule has 1 atom stereocenters. The van der Waals surface area contributed by atoms with E-state index in [0.29, 0.717) is 25.6 Å². The van der Waals surface area contributed by atoms with Gasteiger partial charge >= 0.3 is 0 Å². The first-order valence-corrected chi connectivity index (χ1v) is 9.90. The molecule has 1 unspecified atom stereocenters. The van der Waals surface area contributed by atoms with Gasteiger partial charge in [0.2, 0.25) is 5.89 Å². The molecule has 1 aliphatic heterocycles. The van der Waals surface area contributed by atoms with Crippen molar-refractivity contribution in [1.82, 2.24) is 15.6 Å². The first-order chi connectivity index (χ1) is 13.7. The number of benzene rings is 1. The van der Waals surface area contributed by atoms with E-state index in [4.69, 9.17) is 13.9 Å². The summed E-state index contributed by atoms with van der Waals surface area (Å²) in [4.78, 5) is 8.76. The summed E-state index contributed by atoms with van der Waals surface area (Å²) in [6.45, 7) is 5.68. The largest absolute Gasteiger partial charge is 0.444 e. The number of halogens is 1. The molecule has 160 valence electrons. The van der Waals surface area contributed by atoms with Crippen LogP contribution in [0.4, 0.5) is 0 Å². The number of hydrogen-bond acceptors (Lipinski definition) is 5. The molecule has 0 spiro atoms. The van der Waals surface area contributed by atoms with E-state index in [1.54, 1.807) is 13.3 Å². The quantitative estimate of drug-likeness (QED) is 0.231. The topological polar surface area (TPSA) is 80.9 Å². The predicted molar refractivity (Wildman–Crippen MR) is 125 cm³/mol. The number of ether oxygens (including phenoxy) is 2. The minimum atomic E-state index is 0. The predicted octanol–water partition coefficient (Wildman–Crippen LogP) is 3.52. The fourth-order valence-electron chi connectivity index (χ4n) is 2.98. The number of guanidine groups is 1. The van der Waals surface area contributed by atoms with Gasteiger partial charge in [-0.25, -0.2) is 4.98 Å². The summed E-state index contributed by atoms with van der Waals surface area (Å²) in [5, 5.41) is 6.53. The van der Waals surface area contributed by atoms with Crippen molar-refractivity contribution < 1.29 is 13.9 Å². The second kappa shape index (κ2) is 12.8. The van der Waals surface area contributed by atoms with Gasteiger partial charge in [-0.2, -0.15) is 0 Å². The van der Waals surface area contributed by atoms with E-state index in [9.17, 15) is 0 Å². The van der Waals surface area contributed by atoms with E-state index >= 15 is 0 Å². The third kappa shape index (κ3) is 7.94. The highest BCUT2D eigenvalue weighted by molar-refractivity contribution is 14.0. The van der Waals surface area contributed by atoms with Gasteiger partial charge in [0, 0.05) is 32.4 Å². The molecule has 8 heteroatoms. The molecule has 1 saturated heterocycles. The Morgan fingerprint density at radius 1 is 1.28 bits per heavy atom. The van der Waals surface area contributed by atoms with Gasteiger partial charge in [0.05, 0.1) is 24.9 Å². The third-order valence-electron chi connectivity index (χ3n) is 4.60. The number of aromatic nitrogens is 1. The Morgan fingerprint density at radius 3 is 2.83 bits per heavy atom. The lowest BCUT2D eigenvalue weighted by Gasteiger charge is -2.12. The van der Waals surface area contributed by atoms with E-state index in [0.717, 1.165) is 49.6 Å². The Morgan fingerprint density at radius 2 is 2.10 bits per heavy atom. The van der Waals surface area contributed by atoms with Crippen LogP contribution in [0, 0.1) is 6.92 Å². The normalized spacial score (nSPS) is 16.5. The number of nitrogens with zero attached hydrogens (tertiary/aromatic N) is 2. The Hall–Kier alpha value is -1.65. The first-order valence-electron chi connectivity index (χ1n) is 9.90. The van der Waals surface area contributed by atoms with Crippen molar-refractivity contribution in [3.05, 3.63) is 41.8 Å². The smallest absolute Gasteiger partial charge is 0.226 e. The highest BCUT2D eigenvalue weighted by Crippen LogP contribution is 2.19. The zero-order valence-electron chi connectivity index (χ0n) is 17.1. The van der Waals surface area contributed by atoms with Gasteiger partial charge < -0.3 is 24.5 Å². The van der Waals surface area contributed by atoms with Gasteiger partial charge in [0.15, 0.2) is 5.96 Å². The highest BCUT2D eigenvalue weighted by Gasteiger charge is 2.14. The van der Waals surface area contributed by atoms with Crippen LogP contribution in [-0.2, 0) is 16.0 Å². The van der Waals surface area contributed by atoms with Crippen LogP contribution in [0.1, 0.15) is 30.5 Å². The monoisotopic (exact) mass is 514 g/mol. The molecule has 2 N–H and O–H groups in total. The van der Waals surface area contributed by atoms with Crippen molar-refractivity contribution in [2.24, 2.45) is 4.99 Å². The average molecular weight is 514 g/mol. The highest BCUT2D eigenvalue weighted by atomic mass is 127. The summed E-state index contributed by atoms with van der Waals surface area (Å²) < 4.78 is 16.8. The van der Waals surface area contributed by atoms with E-state index in [-0.39, 0.29) is 30.1 Å². The van der Waals surface area contributed by atoms with Gasteiger partial charge in [-0.3, -0.25) is 4.99 Å². The van der Waals surface area contributed by atoms with E-state index in [1.165, 1.54) is 5.56 Å². The second-order valence-electron chi connectivity index (χ2n) is 6.93. The van der Waals surface area contributed by atoms with Gasteiger partial charge in [-0.05, 0) is 38.3 Å². The van der Waals surface area contributed by atoms with Gasteiger partial charge in [-0.15, -0.1) is 24.0 Å². The van der Waals surface area contributed by atoms with Gasteiger partial charge in [0.25, 0.3) is 0 Å². The average Bonchev–Trinajstić information content (AvgIpc) is 3.39. The van der Waals surface area contributed by atoms with Crippen LogP contribution in [0.25, 0.3) is 11.5 Å². The lowest BCUT2D eigenvalue weighted by atomic mass is 10.1. The maximum absolute atomic E-state index is 5.67. The summed E-state index contributed by atoms with van der Waals surface area (Å²) >= 11 is 0. The van der Waals surface area contributed by atoms with E-state index in [2.05, 4.69) is 27.5 Å². The number of rotatable bonds is 9. The molecule has 1 aromatic heterocycles. The number of aryl methyl sites for hydroxylation is 1. The third-order valence-corrected chi connectivity index (χ3v) is 4.60. The standard InChI is InChI=1S/C21H30N4O3.HI/c1-16-6-8-17(9-7-16)20-25-18(14-28-20)13-24-21(22-2)23-10-4-11-26-15-19-5-3-12-27-19;/h6-9,14,19H,3-5,10-13,15H2,1-2H3,(H2,22,23,24);1H. The molecular formula is C21H31IN4O3. The molecule has 29 heavy (non-hydrogen) atoms. The number of nitrogens with one attached hydrogen (secondary N) is 2. The molecule has 0 saturated carbocycles. The molecule has 2 aromatic rings. The molecule has 1 aromatic carbocycles. The Kier molecular flexibility index (Phi) is 10.4. The summed E-state index contributed by atoms with van der Waals surface area (Å²) in [5.74, 6) is 1.36. The minimum Gasteiger partial charge on any atom is -0.444 e.